The van der Waals surface area contributed by atoms with E-state index in [0.717, 1.165) is 42.7 Å². The van der Waals surface area contributed by atoms with Gasteiger partial charge in [-0.15, -0.1) is 0 Å². The standard InChI is InChI=1S/C27H27ClO2S/c1-19-12-13-22(14-16-24(19)21-9-4-3-5-10-21)25-17-15-23(28)18-26(25)30-31(29)27-11-7-6-8-20(27)2/h3-4,6-9,11-12,18,22,24H,13-17H2,1-2H3. The average molecular weight is 451 g/mol. The molecular weight excluding hydrogens is 424 g/mol. The predicted molar refractivity (Wildman–Crippen MR) is 128 cm³/mol. The lowest BCUT2D eigenvalue weighted by Gasteiger charge is -2.24. The molecule has 0 aromatic heterocycles. The molecule has 3 aliphatic rings. The van der Waals surface area contributed by atoms with Crippen molar-refractivity contribution in [2.75, 3.05) is 0 Å². The van der Waals surface area contributed by atoms with E-state index < -0.39 is 11.1 Å². The van der Waals surface area contributed by atoms with Crippen LogP contribution in [-0.4, -0.2) is 4.21 Å². The molecule has 0 saturated heterocycles. The highest BCUT2D eigenvalue weighted by Gasteiger charge is 2.28. The summed E-state index contributed by atoms with van der Waals surface area (Å²) in [7, 11) is 0. The molecule has 0 N–H and O–H groups in total. The molecule has 0 spiro atoms. The normalized spacial score (nSPS) is 24.3. The summed E-state index contributed by atoms with van der Waals surface area (Å²) in [5.74, 6) is 1.42. The fourth-order valence-corrected chi connectivity index (χ4v) is 5.63. The highest BCUT2D eigenvalue weighted by atomic mass is 35.5. The van der Waals surface area contributed by atoms with Gasteiger partial charge < -0.3 is 4.18 Å². The minimum absolute atomic E-state index is 0.359. The number of benzene rings is 1. The highest BCUT2D eigenvalue weighted by molar-refractivity contribution is 7.80. The van der Waals surface area contributed by atoms with Crippen molar-refractivity contribution >= 4 is 22.7 Å². The topological polar surface area (TPSA) is 26.3 Å². The van der Waals surface area contributed by atoms with Crippen LogP contribution in [0.1, 0.15) is 44.6 Å². The maximum atomic E-state index is 13.0. The number of rotatable bonds is 5. The SMILES string of the molecule is CC1=CCC(C2=C(OS(=O)c3ccccc3C)C=C(Cl)CC2)CCC1C1=C=C=CC=C1. The first kappa shape index (κ1) is 21.9. The van der Waals surface area contributed by atoms with E-state index in [4.69, 9.17) is 15.8 Å². The van der Waals surface area contributed by atoms with Crippen LogP contribution in [0, 0.1) is 18.8 Å². The molecule has 3 aliphatic carbocycles. The van der Waals surface area contributed by atoms with Gasteiger partial charge in [-0.1, -0.05) is 59.0 Å². The highest BCUT2D eigenvalue weighted by Crippen LogP contribution is 2.40. The Bertz CT molecular complexity index is 1120. The lowest BCUT2D eigenvalue weighted by Crippen LogP contribution is -2.13. The molecule has 3 atom stereocenters. The second-order valence-corrected chi connectivity index (χ2v) is 9.89. The van der Waals surface area contributed by atoms with Gasteiger partial charge in [0.1, 0.15) is 5.76 Å². The first-order chi connectivity index (χ1) is 15.0. The Morgan fingerprint density at radius 2 is 2.00 bits per heavy atom. The van der Waals surface area contributed by atoms with Gasteiger partial charge in [0.05, 0.1) is 4.90 Å². The third-order valence-electron chi connectivity index (χ3n) is 6.29. The van der Waals surface area contributed by atoms with Crippen LogP contribution in [0.4, 0.5) is 0 Å². The van der Waals surface area contributed by atoms with Gasteiger partial charge in [0.15, 0.2) is 0 Å². The molecule has 2 nitrogen and oxygen atoms in total. The zero-order valence-corrected chi connectivity index (χ0v) is 19.6. The minimum Gasteiger partial charge on any atom is -0.397 e. The van der Waals surface area contributed by atoms with E-state index in [1.165, 1.54) is 16.7 Å². The van der Waals surface area contributed by atoms with Crippen molar-refractivity contribution in [3.05, 3.63) is 99.2 Å². The summed E-state index contributed by atoms with van der Waals surface area (Å²) >= 11 is 4.80. The molecule has 3 unspecified atom stereocenters. The minimum atomic E-state index is -1.57. The molecule has 0 bridgehead atoms. The van der Waals surface area contributed by atoms with Crippen molar-refractivity contribution in [1.29, 1.82) is 0 Å². The second-order valence-electron chi connectivity index (χ2n) is 8.33. The van der Waals surface area contributed by atoms with Crippen molar-refractivity contribution in [2.24, 2.45) is 11.8 Å². The molecule has 160 valence electrons. The number of aryl methyl sites for hydroxylation is 1. The number of hydrogen-bond acceptors (Lipinski definition) is 2. The lowest BCUT2D eigenvalue weighted by atomic mass is 9.83. The van der Waals surface area contributed by atoms with Gasteiger partial charge in [-0.25, -0.2) is 4.21 Å². The number of allylic oxidation sites excluding steroid dienone is 9. The summed E-state index contributed by atoms with van der Waals surface area (Å²) < 4.78 is 19.0. The lowest BCUT2D eigenvalue weighted by molar-refractivity contribution is 0.426. The molecule has 0 heterocycles. The molecule has 0 aliphatic heterocycles. The van der Waals surface area contributed by atoms with Crippen molar-refractivity contribution in [3.63, 3.8) is 0 Å². The smallest absolute Gasteiger partial charge is 0.240 e. The Balaban J connectivity index is 1.59. The van der Waals surface area contributed by atoms with Crippen molar-refractivity contribution in [2.45, 2.75) is 50.8 Å². The maximum absolute atomic E-state index is 13.0. The van der Waals surface area contributed by atoms with E-state index in [2.05, 4.69) is 30.5 Å². The number of halogens is 1. The van der Waals surface area contributed by atoms with Gasteiger partial charge in [-0.2, -0.15) is 0 Å². The number of hydrogen-bond donors (Lipinski definition) is 0. The van der Waals surface area contributed by atoms with E-state index in [1.807, 2.05) is 49.4 Å². The summed E-state index contributed by atoms with van der Waals surface area (Å²) in [6.07, 6.45) is 15.0. The fraction of sp³-hybridized carbons (Fsp3) is 0.333. The van der Waals surface area contributed by atoms with Crippen molar-refractivity contribution in [3.8, 4) is 0 Å². The van der Waals surface area contributed by atoms with Crippen LogP contribution < -0.4 is 0 Å². The molecule has 31 heavy (non-hydrogen) atoms. The van der Waals surface area contributed by atoms with Gasteiger partial charge in [0.25, 0.3) is 0 Å². The van der Waals surface area contributed by atoms with E-state index in [9.17, 15) is 4.21 Å². The summed E-state index contributed by atoms with van der Waals surface area (Å²) in [6.45, 7) is 4.16. The Morgan fingerprint density at radius 1 is 1.16 bits per heavy atom. The Morgan fingerprint density at radius 3 is 2.77 bits per heavy atom. The van der Waals surface area contributed by atoms with Crippen LogP contribution in [0.2, 0.25) is 0 Å². The van der Waals surface area contributed by atoms with E-state index in [0.29, 0.717) is 22.5 Å². The predicted octanol–water partition coefficient (Wildman–Crippen LogP) is 7.37. The molecule has 0 radical (unpaired) electrons. The van der Waals surface area contributed by atoms with E-state index >= 15 is 0 Å². The summed E-state index contributed by atoms with van der Waals surface area (Å²) in [5.41, 5.74) is 11.2. The third kappa shape index (κ3) is 5.14. The third-order valence-corrected chi connectivity index (χ3v) is 7.74. The maximum Gasteiger partial charge on any atom is 0.240 e. The second kappa shape index (κ2) is 9.90. The van der Waals surface area contributed by atoms with Crippen LogP contribution in [0.3, 0.4) is 0 Å². The van der Waals surface area contributed by atoms with Gasteiger partial charge in [0, 0.05) is 16.5 Å². The van der Waals surface area contributed by atoms with Gasteiger partial charge in [-0.3, -0.25) is 0 Å². The van der Waals surface area contributed by atoms with Crippen LogP contribution >= 0.6 is 11.6 Å². The molecule has 1 aromatic carbocycles. The Kier molecular flexibility index (Phi) is 7.00. The van der Waals surface area contributed by atoms with Crippen molar-refractivity contribution in [1.82, 2.24) is 0 Å². The molecule has 4 heteroatoms. The fourth-order valence-electron chi connectivity index (χ4n) is 4.51. The van der Waals surface area contributed by atoms with Crippen LogP contribution in [0.5, 0.6) is 0 Å². The molecular formula is C27H27ClO2S. The van der Waals surface area contributed by atoms with E-state index in [1.54, 1.807) is 0 Å². The van der Waals surface area contributed by atoms with Crippen LogP contribution in [0.15, 0.2) is 98.5 Å². The monoisotopic (exact) mass is 450 g/mol. The van der Waals surface area contributed by atoms with Crippen molar-refractivity contribution < 1.29 is 8.39 Å². The largest absolute Gasteiger partial charge is 0.397 e. The Labute approximate surface area is 192 Å². The summed E-state index contributed by atoms with van der Waals surface area (Å²) in [5, 5.41) is 0.758. The van der Waals surface area contributed by atoms with Gasteiger partial charge in [-0.05, 0) is 87.3 Å². The average Bonchev–Trinajstić information content (AvgIpc) is 2.96. The molecule has 0 fully saturated rings. The summed E-state index contributed by atoms with van der Waals surface area (Å²) in [4.78, 5) is 0.706. The zero-order valence-electron chi connectivity index (χ0n) is 18.0. The summed E-state index contributed by atoms with van der Waals surface area (Å²) in [6, 6.07) is 7.64. The quantitative estimate of drug-likeness (QED) is 0.345. The molecule has 4 rings (SSSR count). The van der Waals surface area contributed by atoms with Crippen LogP contribution in [0.25, 0.3) is 0 Å². The van der Waals surface area contributed by atoms with Crippen LogP contribution in [-0.2, 0) is 15.3 Å². The van der Waals surface area contributed by atoms with E-state index in [-0.39, 0.29) is 0 Å². The Hall–Kier alpha value is -2.28. The first-order valence-corrected chi connectivity index (χ1v) is 12.3. The van der Waals surface area contributed by atoms with Gasteiger partial charge in [0.2, 0.25) is 11.1 Å². The first-order valence-electron chi connectivity index (χ1n) is 10.8. The van der Waals surface area contributed by atoms with Gasteiger partial charge >= 0.3 is 0 Å². The molecule has 0 amide bonds. The molecule has 1 aromatic rings. The zero-order chi connectivity index (χ0) is 21.8. The molecule has 0 saturated carbocycles.